The Labute approximate surface area is 149 Å². The fourth-order valence-electron chi connectivity index (χ4n) is 3.02. The number of para-hydroxylation sites is 2. The minimum Gasteiger partial charge on any atom is -0.485 e. The van der Waals surface area contributed by atoms with Crippen molar-refractivity contribution in [2.45, 2.75) is 18.6 Å². The molecule has 0 aliphatic carbocycles. The molecule has 2 aromatic rings. The van der Waals surface area contributed by atoms with Gasteiger partial charge in [-0.05, 0) is 12.1 Å². The number of likely N-dealkylation sites (tertiary alicyclic amines) is 1. The van der Waals surface area contributed by atoms with E-state index in [-0.39, 0.29) is 30.2 Å². The summed E-state index contributed by atoms with van der Waals surface area (Å²) in [7, 11) is 0. The Morgan fingerprint density at radius 2 is 2.08 bits per heavy atom. The van der Waals surface area contributed by atoms with Crippen LogP contribution in [0.15, 0.2) is 36.7 Å². The Balaban J connectivity index is 1.38. The summed E-state index contributed by atoms with van der Waals surface area (Å²) in [6.07, 6.45) is 2.65. The topological polar surface area (TPSA) is 97.6 Å². The van der Waals surface area contributed by atoms with Crippen LogP contribution in [-0.2, 0) is 4.79 Å². The molecule has 0 saturated carbocycles. The lowest BCUT2D eigenvalue weighted by Gasteiger charge is -2.28. The number of amides is 1. The molecule has 1 aromatic carbocycles. The van der Waals surface area contributed by atoms with E-state index < -0.39 is 6.10 Å². The summed E-state index contributed by atoms with van der Waals surface area (Å²) in [6.45, 7) is 1.13. The average Bonchev–Trinajstić information content (AvgIpc) is 3.16. The number of hydrogen-bond acceptors (Lipinski definition) is 7. The quantitative estimate of drug-likeness (QED) is 0.818. The number of carbonyl (C=O) groups is 1. The van der Waals surface area contributed by atoms with Crippen molar-refractivity contribution in [1.29, 1.82) is 5.26 Å². The summed E-state index contributed by atoms with van der Waals surface area (Å²) in [5.41, 5.74) is 0.137. The van der Waals surface area contributed by atoms with Gasteiger partial charge in [0.15, 0.2) is 11.5 Å². The van der Waals surface area contributed by atoms with Gasteiger partial charge in [0.05, 0.1) is 6.54 Å². The highest BCUT2D eigenvalue weighted by molar-refractivity contribution is 5.82. The largest absolute Gasteiger partial charge is 0.485 e. The van der Waals surface area contributed by atoms with Gasteiger partial charge in [0.1, 0.15) is 18.8 Å². The molecule has 3 heterocycles. The molecule has 0 N–H and O–H groups in total. The van der Waals surface area contributed by atoms with E-state index in [2.05, 4.69) is 9.97 Å². The van der Waals surface area contributed by atoms with E-state index >= 15 is 0 Å². The third-order valence-corrected chi connectivity index (χ3v) is 4.29. The third kappa shape index (κ3) is 3.11. The van der Waals surface area contributed by atoms with Gasteiger partial charge in [-0.25, -0.2) is 9.97 Å². The number of carbonyl (C=O) groups excluding carboxylic acids is 1. The lowest BCUT2D eigenvalue weighted by atomic mass is 10.2. The van der Waals surface area contributed by atoms with Gasteiger partial charge in [-0.2, -0.15) is 5.26 Å². The zero-order chi connectivity index (χ0) is 17.9. The Hall–Kier alpha value is -3.34. The van der Waals surface area contributed by atoms with Crippen LogP contribution in [0.3, 0.4) is 0 Å². The van der Waals surface area contributed by atoms with Crippen molar-refractivity contribution < 1.29 is 19.0 Å². The standard InChI is InChI=1S/C18H16N4O4/c19-9-13-17(21-7-6-20-13)25-12-5-8-22(10-12)18(23)16-11-24-14-3-1-2-4-15(14)26-16/h1-4,6-7,12,16H,5,8,10-11H2/t12-,16+/m0/s1. The van der Waals surface area contributed by atoms with Gasteiger partial charge in [-0.1, -0.05) is 12.1 Å². The first kappa shape index (κ1) is 16.1. The smallest absolute Gasteiger partial charge is 0.267 e. The Bertz CT molecular complexity index is 866. The maximum Gasteiger partial charge on any atom is 0.267 e. The van der Waals surface area contributed by atoms with E-state index in [9.17, 15) is 4.79 Å². The van der Waals surface area contributed by atoms with E-state index in [1.165, 1.54) is 12.4 Å². The lowest BCUT2D eigenvalue weighted by molar-refractivity contribution is -0.140. The van der Waals surface area contributed by atoms with Crippen LogP contribution in [0.1, 0.15) is 12.1 Å². The number of rotatable bonds is 3. The molecule has 4 rings (SSSR count). The molecule has 0 bridgehead atoms. The lowest BCUT2D eigenvalue weighted by Crippen LogP contribution is -2.46. The Kier molecular flexibility index (Phi) is 4.27. The number of aromatic nitrogens is 2. The normalized spacial score (nSPS) is 21.1. The minimum atomic E-state index is -0.671. The molecule has 26 heavy (non-hydrogen) atoms. The van der Waals surface area contributed by atoms with Crippen molar-refractivity contribution >= 4 is 5.91 Å². The van der Waals surface area contributed by atoms with Crippen LogP contribution < -0.4 is 14.2 Å². The van der Waals surface area contributed by atoms with Crippen molar-refractivity contribution in [3.63, 3.8) is 0 Å². The third-order valence-electron chi connectivity index (χ3n) is 4.29. The summed E-state index contributed by atoms with van der Waals surface area (Å²) in [5, 5.41) is 9.06. The first-order valence-electron chi connectivity index (χ1n) is 8.29. The van der Waals surface area contributed by atoms with Crippen LogP contribution in [0.4, 0.5) is 0 Å². The highest BCUT2D eigenvalue weighted by atomic mass is 16.6. The van der Waals surface area contributed by atoms with Crippen molar-refractivity contribution in [3.05, 3.63) is 42.4 Å². The second kappa shape index (κ2) is 6.88. The first-order chi connectivity index (χ1) is 12.7. The second-order valence-corrected chi connectivity index (χ2v) is 6.00. The molecule has 0 radical (unpaired) electrons. The number of nitrogens with zero attached hydrogens (tertiary/aromatic N) is 4. The molecule has 2 atom stereocenters. The molecule has 8 nitrogen and oxygen atoms in total. The Morgan fingerprint density at radius 3 is 2.92 bits per heavy atom. The Morgan fingerprint density at radius 1 is 1.27 bits per heavy atom. The zero-order valence-electron chi connectivity index (χ0n) is 13.9. The van der Waals surface area contributed by atoms with E-state index in [0.717, 1.165) is 0 Å². The van der Waals surface area contributed by atoms with Crippen LogP contribution in [0.25, 0.3) is 0 Å². The molecule has 132 valence electrons. The molecule has 1 amide bonds. The van der Waals surface area contributed by atoms with Crippen molar-refractivity contribution in [1.82, 2.24) is 14.9 Å². The van der Waals surface area contributed by atoms with Gasteiger partial charge >= 0.3 is 0 Å². The molecular weight excluding hydrogens is 336 g/mol. The van der Waals surface area contributed by atoms with Crippen molar-refractivity contribution in [3.8, 4) is 23.4 Å². The minimum absolute atomic E-state index is 0.134. The number of hydrogen-bond donors (Lipinski definition) is 0. The molecule has 1 aromatic heterocycles. The van der Waals surface area contributed by atoms with Gasteiger partial charge in [0.25, 0.3) is 11.8 Å². The highest BCUT2D eigenvalue weighted by Crippen LogP contribution is 2.31. The van der Waals surface area contributed by atoms with E-state index in [4.69, 9.17) is 19.5 Å². The van der Waals surface area contributed by atoms with Crippen LogP contribution >= 0.6 is 0 Å². The number of fused-ring (bicyclic) bond motifs is 1. The van der Waals surface area contributed by atoms with Gasteiger partial charge < -0.3 is 19.1 Å². The molecule has 1 saturated heterocycles. The van der Waals surface area contributed by atoms with Gasteiger partial charge in [0.2, 0.25) is 11.8 Å². The van der Waals surface area contributed by atoms with Crippen LogP contribution in [0, 0.1) is 11.3 Å². The molecule has 8 heteroatoms. The highest BCUT2D eigenvalue weighted by Gasteiger charge is 2.35. The number of nitriles is 1. The van der Waals surface area contributed by atoms with E-state index in [0.29, 0.717) is 31.0 Å². The maximum atomic E-state index is 12.7. The fourth-order valence-corrected chi connectivity index (χ4v) is 3.02. The molecule has 2 aliphatic rings. The SMILES string of the molecule is N#Cc1nccnc1O[C@H]1CCN(C(=O)[C@H]2COc3ccccc3O2)C1. The summed E-state index contributed by atoms with van der Waals surface area (Å²) in [5.74, 6) is 1.28. The molecule has 0 unspecified atom stereocenters. The summed E-state index contributed by atoms with van der Waals surface area (Å²) < 4.78 is 17.1. The van der Waals surface area contributed by atoms with Crippen LogP contribution in [0.2, 0.25) is 0 Å². The van der Waals surface area contributed by atoms with Gasteiger partial charge in [-0.15, -0.1) is 0 Å². The summed E-state index contributed by atoms with van der Waals surface area (Å²) >= 11 is 0. The van der Waals surface area contributed by atoms with Crippen LogP contribution in [0.5, 0.6) is 17.4 Å². The fraction of sp³-hybridized carbons (Fsp3) is 0.333. The molecule has 1 fully saturated rings. The maximum absolute atomic E-state index is 12.7. The van der Waals surface area contributed by atoms with E-state index in [1.807, 2.05) is 24.3 Å². The first-order valence-corrected chi connectivity index (χ1v) is 8.29. The average molecular weight is 352 g/mol. The zero-order valence-corrected chi connectivity index (χ0v) is 13.9. The van der Waals surface area contributed by atoms with Crippen molar-refractivity contribution in [2.24, 2.45) is 0 Å². The van der Waals surface area contributed by atoms with Crippen LogP contribution in [-0.4, -0.2) is 52.7 Å². The molecular formula is C18H16N4O4. The monoisotopic (exact) mass is 352 g/mol. The number of benzene rings is 1. The predicted molar refractivity (Wildman–Crippen MR) is 88.7 cm³/mol. The predicted octanol–water partition coefficient (Wildman–Crippen LogP) is 1.17. The van der Waals surface area contributed by atoms with Gasteiger partial charge in [0, 0.05) is 25.4 Å². The van der Waals surface area contributed by atoms with Crippen molar-refractivity contribution in [2.75, 3.05) is 19.7 Å². The number of ether oxygens (including phenoxy) is 3. The second-order valence-electron chi connectivity index (χ2n) is 6.00. The van der Waals surface area contributed by atoms with E-state index in [1.54, 1.807) is 11.0 Å². The molecule has 0 spiro atoms. The molecule has 2 aliphatic heterocycles. The summed E-state index contributed by atoms with van der Waals surface area (Å²) in [4.78, 5) is 22.4. The van der Waals surface area contributed by atoms with Gasteiger partial charge in [-0.3, -0.25) is 4.79 Å². The summed E-state index contributed by atoms with van der Waals surface area (Å²) in [6, 6.07) is 9.23.